The molecule has 1 spiro atoms. The maximum atomic E-state index is 12.1. The van der Waals surface area contributed by atoms with Crippen LogP contribution in [-0.2, 0) is 14.3 Å². The van der Waals surface area contributed by atoms with Gasteiger partial charge in [-0.05, 0) is 24.5 Å². The summed E-state index contributed by atoms with van der Waals surface area (Å²) in [6, 6.07) is 3.78. The molecule has 2 fully saturated rings. The first-order chi connectivity index (χ1) is 13.5. The van der Waals surface area contributed by atoms with Gasteiger partial charge in [0.1, 0.15) is 11.4 Å². The number of aromatic nitrogens is 1. The minimum Gasteiger partial charge on any atom is -0.492 e. The topological polar surface area (TPSA) is 89.0 Å². The van der Waals surface area contributed by atoms with Gasteiger partial charge in [0.05, 0.1) is 25.9 Å². The number of rotatable bonds is 5. The Balaban J connectivity index is 0.000000370. The first-order valence-corrected chi connectivity index (χ1v) is 9.28. The zero-order valence-corrected chi connectivity index (χ0v) is 16.3. The van der Waals surface area contributed by atoms with E-state index in [1.165, 1.54) is 0 Å². The molecule has 7 nitrogen and oxygen atoms in total. The normalized spacial score (nSPS) is 20.1. The zero-order chi connectivity index (χ0) is 21.7. The van der Waals surface area contributed by atoms with Crippen LogP contribution in [0.5, 0.6) is 5.75 Å². The summed E-state index contributed by atoms with van der Waals surface area (Å²) in [5.74, 6) is -0.985. The molecule has 1 amide bonds. The van der Waals surface area contributed by atoms with Crippen molar-refractivity contribution in [3.63, 3.8) is 0 Å². The summed E-state index contributed by atoms with van der Waals surface area (Å²) in [4.78, 5) is 27.0. The molecule has 29 heavy (non-hydrogen) atoms. The van der Waals surface area contributed by atoms with Crippen molar-refractivity contribution in [3.8, 4) is 5.75 Å². The van der Waals surface area contributed by atoms with E-state index in [0.29, 0.717) is 38.0 Å². The van der Waals surface area contributed by atoms with Crippen molar-refractivity contribution in [2.45, 2.75) is 38.5 Å². The number of hydrogen-bond acceptors (Lipinski definition) is 5. The number of ether oxygens (including phenoxy) is 2. The van der Waals surface area contributed by atoms with Crippen molar-refractivity contribution in [1.82, 2.24) is 9.88 Å². The summed E-state index contributed by atoms with van der Waals surface area (Å²) in [6.07, 6.45) is -0.0156. The first-order valence-electron chi connectivity index (χ1n) is 9.28. The summed E-state index contributed by atoms with van der Waals surface area (Å²) in [6.45, 7) is 6.94. The highest BCUT2D eigenvalue weighted by Gasteiger charge is 2.54. The van der Waals surface area contributed by atoms with Gasteiger partial charge in [-0.2, -0.15) is 13.2 Å². The maximum Gasteiger partial charge on any atom is 0.490 e. The number of carbonyl (C=O) groups is 2. The Kier molecular flexibility index (Phi) is 7.45. The van der Waals surface area contributed by atoms with E-state index in [4.69, 9.17) is 19.4 Å². The van der Waals surface area contributed by atoms with Gasteiger partial charge in [-0.15, -0.1) is 0 Å². The molecule has 0 bridgehead atoms. The summed E-state index contributed by atoms with van der Waals surface area (Å²) >= 11 is 0. The van der Waals surface area contributed by atoms with Gasteiger partial charge in [0.2, 0.25) is 5.91 Å². The van der Waals surface area contributed by atoms with Gasteiger partial charge in [-0.25, -0.2) is 4.79 Å². The maximum absolute atomic E-state index is 12.1. The Morgan fingerprint density at radius 2 is 2.07 bits per heavy atom. The van der Waals surface area contributed by atoms with Crippen LogP contribution in [0, 0.1) is 11.8 Å². The molecule has 0 aromatic carbocycles. The lowest BCUT2D eigenvalue weighted by molar-refractivity contribution is -0.192. The van der Waals surface area contributed by atoms with Gasteiger partial charge in [-0.1, -0.05) is 13.8 Å². The highest BCUT2D eigenvalue weighted by atomic mass is 19.4. The molecule has 0 saturated carbocycles. The second-order valence-corrected chi connectivity index (χ2v) is 7.55. The highest BCUT2D eigenvalue weighted by molar-refractivity contribution is 5.77. The lowest BCUT2D eigenvalue weighted by Gasteiger charge is -2.50. The van der Waals surface area contributed by atoms with E-state index in [0.717, 1.165) is 18.8 Å². The standard InChI is InChI=1S/C17H24N2O3.C2HF3O2/c1-13(2)8-16(20)19-11-17(12-19)14(5-7-22-17)10-21-15-4-3-6-18-9-15;3-2(4,5)1(6)7/h3-4,6,9,13-14H,5,7-8,10-12H2,1-2H3;(H,6,7). The number of aliphatic carboxylic acids is 1. The minimum absolute atomic E-state index is 0.186. The fourth-order valence-electron chi connectivity index (χ4n) is 3.25. The fourth-order valence-corrected chi connectivity index (χ4v) is 3.25. The quantitative estimate of drug-likeness (QED) is 0.791. The van der Waals surface area contributed by atoms with Crippen LogP contribution >= 0.6 is 0 Å². The Morgan fingerprint density at radius 3 is 2.59 bits per heavy atom. The second-order valence-electron chi connectivity index (χ2n) is 7.55. The minimum atomic E-state index is -5.08. The Bertz CT molecular complexity index is 691. The molecular weight excluding hydrogens is 393 g/mol. The molecule has 1 aromatic rings. The highest BCUT2D eigenvalue weighted by Crippen LogP contribution is 2.40. The molecule has 3 heterocycles. The number of hydrogen-bond donors (Lipinski definition) is 1. The molecule has 1 unspecified atom stereocenters. The molecular formula is C19H25F3N2O5. The third kappa shape index (κ3) is 6.31. The van der Waals surface area contributed by atoms with Crippen LogP contribution in [0.1, 0.15) is 26.7 Å². The van der Waals surface area contributed by atoms with Crippen molar-refractivity contribution in [2.24, 2.45) is 11.8 Å². The number of pyridine rings is 1. The van der Waals surface area contributed by atoms with Crippen molar-refractivity contribution >= 4 is 11.9 Å². The number of carboxylic acid groups (broad SMARTS) is 1. The number of carbonyl (C=O) groups excluding carboxylic acids is 1. The molecule has 0 aliphatic carbocycles. The van der Waals surface area contributed by atoms with Crippen LogP contribution in [0.3, 0.4) is 0 Å². The van der Waals surface area contributed by atoms with Gasteiger partial charge in [0.25, 0.3) is 0 Å². The van der Waals surface area contributed by atoms with Crippen LogP contribution in [0.4, 0.5) is 13.2 Å². The summed E-state index contributed by atoms with van der Waals surface area (Å²) < 4.78 is 43.5. The van der Waals surface area contributed by atoms with Crippen molar-refractivity contribution in [3.05, 3.63) is 24.5 Å². The van der Waals surface area contributed by atoms with Gasteiger partial charge in [-0.3, -0.25) is 9.78 Å². The van der Waals surface area contributed by atoms with E-state index in [9.17, 15) is 18.0 Å². The fraction of sp³-hybridized carbons (Fsp3) is 0.632. The molecule has 2 aliphatic rings. The van der Waals surface area contributed by atoms with Crippen LogP contribution in [-0.4, -0.2) is 64.9 Å². The van der Waals surface area contributed by atoms with E-state index in [1.54, 1.807) is 12.4 Å². The average Bonchev–Trinajstić information content (AvgIpc) is 3.02. The number of likely N-dealkylation sites (tertiary alicyclic amines) is 1. The van der Waals surface area contributed by atoms with Gasteiger partial charge >= 0.3 is 12.1 Å². The van der Waals surface area contributed by atoms with E-state index in [-0.39, 0.29) is 11.5 Å². The van der Waals surface area contributed by atoms with E-state index < -0.39 is 12.1 Å². The van der Waals surface area contributed by atoms with Crippen molar-refractivity contribution < 1.29 is 37.3 Å². The summed E-state index contributed by atoms with van der Waals surface area (Å²) in [7, 11) is 0. The molecule has 3 rings (SSSR count). The SMILES string of the molecule is CC(C)CC(=O)N1CC2(C1)OCCC2COc1cccnc1.O=C(O)C(F)(F)F. The monoisotopic (exact) mass is 418 g/mol. The van der Waals surface area contributed by atoms with Crippen LogP contribution in [0.2, 0.25) is 0 Å². The third-order valence-corrected chi connectivity index (χ3v) is 4.78. The molecule has 1 N–H and O–H groups in total. The lowest BCUT2D eigenvalue weighted by atomic mass is 9.81. The van der Waals surface area contributed by atoms with Gasteiger partial charge < -0.3 is 19.5 Å². The average molecular weight is 418 g/mol. The van der Waals surface area contributed by atoms with Crippen LogP contribution in [0.25, 0.3) is 0 Å². The molecule has 1 aromatic heterocycles. The summed E-state index contributed by atoms with van der Waals surface area (Å²) in [5.41, 5.74) is -0.186. The number of amides is 1. The largest absolute Gasteiger partial charge is 0.492 e. The molecule has 2 saturated heterocycles. The van der Waals surface area contributed by atoms with Gasteiger partial charge in [0, 0.05) is 25.1 Å². The molecule has 162 valence electrons. The number of nitrogens with zero attached hydrogens (tertiary/aromatic N) is 2. The van der Waals surface area contributed by atoms with E-state index >= 15 is 0 Å². The smallest absolute Gasteiger partial charge is 0.490 e. The van der Waals surface area contributed by atoms with Crippen LogP contribution in [0.15, 0.2) is 24.5 Å². The molecule has 1 atom stereocenters. The predicted octanol–water partition coefficient (Wildman–Crippen LogP) is 2.76. The Labute approximate surface area is 166 Å². The third-order valence-electron chi connectivity index (χ3n) is 4.78. The Morgan fingerprint density at radius 1 is 1.41 bits per heavy atom. The number of halogens is 3. The van der Waals surface area contributed by atoms with Crippen molar-refractivity contribution in [2.75, 3.05) is 26.3 Å². The molecule has 0 radical (unpaired) electrons. The number of alkyl halides is 3. The first kappa shape index (κ1) is 22.9. The van der Waals surface area contributed by atoms with E-state index in [1.807, 2.05) is 17.0 Å². The summed E-state index contributed by atoms with van der Waals surface area (Å²) in [5, 5.41) is 7.12. The molecule has 2 aliphatic heterocycles. The zero-order valence-electron chi connectivity index (χ0n) is 16.3. The van der Waals surface area contributed by atoms with Crippen LogP contribution < -0.4 is 4.74 Å². The lowest BCUT2D eigenvalue weighted by Crippen LogP contribution is -2.66. The molecule has 10 heteroatoms. The Hall–Kier alpha value is -2.36. The number of carboxylic acids is 1. The van der Waals surface area contributed by atoms with Crippen molar-refractivity contribution in [1.29, 1.82) is 0 Å². The predicted molar refractivity (Wildman–Crippen MR) is 96.2 cm³/mol. The van der Waals surface area contributed by atoms with Gasteiger partial charge in [0.15, 0.2) is 0 Å². The van der Waals surface area contributed by atoms with E-state index in [2.05, 4.69) is 18.8 Å². The second kappa shape index (κ2) is 9.43.